The number of rotatable bonds is 18. The third-order valence-electron chi connectivity index (χ3n) is 5.14. The first-order chi connectivity index (χ1) is 14.4. The summed E-state index contributed by atoms with van der Waals surface area (Å²) in [6, 6.07) is 5.22. The summed E-state index contributed by atoms with van der Waals surface area (Å²) < 4.78 is 31.2. The maximum absolute atomic E-state index is 11.4. The van der Waals surface area contributed by atoms with Crippen LogP contribution in [-0.4, -0.2) is 38.3 Å². The number of carbonyl (C=O) groups is 2. The fourth-order valence-electron chi connectivity index (χ4n) is 3.38. The Balaban J connectivity index is 0.00000900. The van der Waals surface area contributed by atoms with Crippen molar-refractivity contribution < 1.29 is 57.2 Å². The molecular formula is C22H34NNaO6S. The van der Waals surface area contributed by atoms with Crippen molar-refractivity contribution >= 4 is 22.4 Å². The minimum Gasteiger partial charge on any atom is -0.549 e. The number of hydrogen-bond acceptors (Lipinski definition) is 6. The van der Waals surface area contributed by atoms with Crippen LogP contribution in [0.5, 0.6) is 0 Å². The molecule has 0 saturated heterocycles. The zero-order chi connectivity index (χ0) is 22.2. The Morgan fingerprint density at radius 3 is 1.97 bits per heavy atom. The normalized spacial score (nSPS) is 12.2. The Kier molecular flexibility index (Phi) is 17.3. The Morgan fingerprint density at radius 1 is 0.935 bits per heavy atom. The minimum atomic E-state index is -4.29. The van der Waals surface area contributed by atoms with Crippen LogP contribution in [0.25, 0.3) is 0 Å². The van der Waals surface area contributed by atoms with Gasteiger partial charge in [-0.05, 0) is 56.5 Å². The van der Waals surface area contributed by atoms with Crippen LogP contribution < -0.4 is 40.0 Å². The first-order valence-electron chi connectivity index (χ1n) is 10.8. The van der Waals surface area contributed by atoms with E-state index in [1.165, 1.54) is 49.9 Å². The summed E-state index contributed by atoms with van der Waals surface area (Å²) in [4.78, 5) is 21.4. The molecule has 1 unspecified atom stereocenters. The molecule has 7 nitrogen and oxygen atoms in total. The van der Waals surface area contributed by atoms with Gasteiger partial charge in [0.15, 0.2) is 0 Å². The molecule has 1 atom stereocenters. The van der Waals surface area contributed by atoms with Crippen molar-refractivity contribution in [1.29, 1.82) is 0 Å². The van der Waals surface area contributed by atoms with Gasteiger partial charge in [0.05, 0.1) is 4.90 Å². The van der Waals surface area contributed by atoms with Gasteiger partial charge in [-0.15, -0.1) is 0 Å². The monoisotopic (exact) mass is 463 g/mol. The van der Waals surface area contributed by atoms with Gasteiger partial charge < -0.3 is 20.0 Å². The van der Waals surface area contributed by atoms with E-state index < -0.39 is 22.0 Å². The van der Waals surface area contributed by atoms with Crippen LogP contribution in [0.1, 0.15) is 82.1 Å². The summed E-state index contributed by atoms with van der Waals surface area (Å²) in [7, 11) is -4.29. The van der Waals surface area contributed by atoms with Crippen LogP contribution in [0.15, 0.2) is 29.2 Å². The van der Waals surface area contributed by atoms with Crippen LogP contribution in [0, 0.1) is 0 Å². The molecule has 0 heterocycles. The van der Waals surface area contributed by atoms with Gasteiger partial charge in [-0.2, -0.15) is 8.42 Å². The van der Waals surface area contributed by atoms with Crippen molar-refractivity contribution in [3.05, 3.63) is 29.8 Å². The second-order valence-corrected chi connectivity index (χ2v) is 9.01. The van der Waals surface area contributed by atoms with Crippen molar-refractivity contribution in [2.24, 2.45) is 0 Å². The number of aliphatic carboxylic acids is 1. The molecule has 2 N–H and O–H groups in total. The van der Waals surface area contributed by atoms with E-state index in [9.17, 15) is 23.1 Å². The molecule has 1 aromatic carbocycles. The molecule has 0 aliphatic rings. The standard InChI is InChI=1S/C22H35NO6S.Na/c24-18-10-6-4-2-1-3-5-8-16-23-17-9-7-11-21(22(25)26)19-12-14-20(15-13-19)30(27,28)29;/h12-15,18,21,23H,1-11,16-17H2,(H,25,26)(H,27,28,29);/q;+1/p-1. The number of aldehydes is 1. The fourth-order valence-corrected chi connectivity index (χ4v) is 3.86. The van der Waals surface area contributed by atoms with Crippen LogP contribution in [-0.2, 0) is 19.7 Å². The zero-order valence-corrected chi connectivity index (χ0v) is 21.4. The molecule has 0 fully saturated rings. The summed E-state index contributed by atoms with van der Waals surface area (Å²) in [5.41, 5.74) is 0.474. The van der Waals surface area contributed by atoms with Crippen molar-refractivity contribution in [3.8, 4) is 0 Å². The van der Waals surface area contributed by atoms with E-state index in [2.05, 4.69) is 5.32 Å². The van der Waals surface area contributed by atoms with E-state index in [-0.39, 0.29) is 34.5 Å². The quantitative estimate of drug-likeness (QED) is 0.134. The van der Waals surface area contributed by atoms with E-state index in [1.807, 2.05) is 0 Å². The van der Waals surface area contributed by atoms with Gasteiger partial charge in [-0.25, -0.2) is 0 Å². The summed E-state index contributed by atoms with van der Waals surface area (Å²) >= 11 is 0. The number of nitrogens with one attached hydrogen (secondary N) is 1. The van der Waals surface area contributed by atoms with Crippen molar-refractivity contribution in [1.82, 2.24) is 5.32 Å². The molecule has 1 aromatic rings. The van der Waals surface area contributed by atoms with Crippen LogP contribution in [0.4, 0.5) is 0 Å². The second-order valence-electron chi connectivity index (χ2n) is 7.59. The van der Waals surface area contributed by atoms with Gasteiger partial charge in [-0.3, -0.25) is 4.55 Å². The molecule has 0 aliphatic heterocycles. The Bertz CT molecular complexity index is 724. The number of unbranched alkanes of at least 4 members (excludes halogenated alkanes) is 8. The minimum absolute atomic E-state index is 0. The Labute approximate surface area is 208 Å². The summed E-state index contributed by atoms with van der Waals surface area (Å²) in [5, 5.41) is 14.8. The maximum Gasteiger partial charge on any atom is 1.00 e. The molecule has 0 spiro atoms. The van der Waals surface area contributed by atoms with Gasteiger partial charge >= 0.3 is 29.6 Å². The largest absolute Gasteiger partial charge is 1.00 e. The van der Waals surface area contributed by atoms with E-state index in [0.29, 0.717) is 24.8 Å². The third kappa shape index (κ3) is 14.1. The van der Waals surface area contributed by atoms with Crippen LogP contribution >= 0.6 is 0 Å². The second kappa shape index (κ2) is 17.7. The molecule has 0 saturated carbocycles. The molecule has 170 valence electrons. The number of carboxylic acid groups (broad SMARTS) is 1. The molecule has 0 aliphatic carbocycles. The molecule has 0 amide bonds. The topological polar surface area (TPSA) is 124 Å². The molecule has 0 bridgehead atoms. The van der Waals surface area contributed by atoms with Crippen molar-refractivity contribution in [2.75, 3.05) is 13.1 Å². The van der Waals surface area contributed by atoms with Gasteiger partial charge in [-0.1, -0.05) is 50.7 Å². The van der Waals surface area contributed by atoms with E-state index in [0.717, 1.165) is 45.1 Å². The molecule has 9 heteroatoms. The smallest absolute Gasteiger partial charge is 0.549 e. The zero-order valence-electron chi connectivity index (χ0n) is 18.6. The summed E-state index contributed by atoms with van der Waals surface area (Å²) in [6.45, 7) is 1.78. The van der Waals surface area contributed by atoms with E-state index in [4.69, 9.17) is 4.55 Å². The summed E-state index contributed by atoms with van der Waals surface area (Å²) in [6.07, 6.45) is 11.7. The molecule has 0 radical (unpaired) electrons. The summed E-state index contributed by atoms with van der Waals surface area (Å²) in [5.74, 6) is -1.99. The number of carboxylic acids is 1. The predicted octanol–water partition coefficient (Wildman–Crippen LogP) is -0.150. The fraction of sp³-hybridized carbons (Fsp3) is 0.636. The van der Waals surface area contributed by atoms with Gasteiger partial charge in [0, 0.05) is 18.3 Å². The number of hydrogen-bond donors (Lipinski definition) is 2. The number of benzene rings is 1. The van der Waals surface area contributed by atoms with Crippen molar-refractivity contribution in [3.63, 3.8) is 0 Å². The Hall–Kier alpha value is -0.770. The van der Waals surface area contributed by atoms with E-state index in [1.54, 1.807) is 0 Å². The van der Waals surface area contributed by atoms with Crippen molar-refractivity contribution in [2.45, 2.75) is 81.4 Å². The molecule has 31 heavy (non-hydrogen) atoms. The predicted molar refractivity (Wildman–Crippen MR) is 114 cm³/mol. The van der Waals surface area contributed by atoms with Crippen LogP contribution in [0.2, 0.25) is 0 Å². The number of carbonyl (C=O) groups excluding carboxylic acids is 2. The van der Waals surface area contributed by atoms with Gasteiger partial charge in [0.2, 0.25) is 0 Å². The molecule has 0 aromatic heterocycles. The average Bonchev–Trinajstić information content (AvgIpc) is 2.70. The Morgan fingerprint density at radius 2 is 1.45 bits per heavy atom. The molecule has 1 rings (SSSR count). The first-order valence-corrected chi connectivity index (χ1v) is 12.2. The average molecular weight is 464 g/mol. The molecular weight excluding hydrogens is 429 g/mol. The SMILES string of the molecule is O=CCCCCCCCCCNCCCCC(C(=O)[O-])c1ccc(S(=O)(=O)O)cc1.[Na+]. The van der Waals surface area contributed by atoms with Gasteiger partial charge in [0.25, 0.3) is 10.1 Å². The maximum atomic E-state index is 11.4. The first kappa shape index (κ1) is 30.2. The van der Waals surface area contributed by atoms with E-state index >= 15 is 0 Å². The van der Waals surface area contributed by atoms with Crippen LogP contribution in [0.3, 0.4) is 0 Å². The third-order valence-corrected chi connectivity index (χ3v) is 6.00. The van der Waals surface area contributed by atoms with Gasteiger partial charge in [0.1, 0.15) is 6.29 Å².